The van der Waals surface area contributed by atoms with E-state index in [1.54, 1.807) is 31.9 Å². The lowest BCUT2D eigenvalue weighted by Gasteiger charge is -2.36. The molecule has 140 heavy (non-hydrogen) atoms. The van der Waals surface area contributed by atoms with Crippen LogP contribution in [0.4, 0.5) is 28.4 Å². The molecule has 0 fully saturated rings. The molecular formula is C107H138Cl3N13O16Si. The molecule has 0 saturated carbocycles. The number of aromatic nitrogens is 4. The third-order valence-electron chi connectivity index (χ3n) is 22.6. The fraction of sp³-hybridized carbons (Fsp3) is 0.336. The fourth-order valence-corrected chi connectivity index (χ4v) is 15.6. The van der Waals surface area contributed by atoms with Gasteiger partial charge in [-0.05, 0) is 200 Å². The van der Waals surface area contributed by atoms with Gasteiger partial charge in [-0.25, -0.2) is 16.9 Å². The summed E-state index contributed by atoms with van der Waals surface area (Å²) in [6.45, 7) is 32.0. The number of hydrogen-bond acceptors (Lipinski definition) is 19. The van der Waals surface area contributed by atoms with Crippen molar-refractivity contribution in [1.29, 1.82) is 0 Å². The van der Waals surface area contributed by atoms with E-state index in [4.69, 9.17) is 59.6 Å². The monoisotopic (exact) mass is 1990 g/mol. The van der Waals surface area contributed by atoms with Crippen LogP contribution >= 0.6 is 34.8 Å². The highest BCUT2D eigenvalue weighted by Gasteiger charge is 2.37. The van der Waals surface area contributed by atoms with Crippen molar-refractivity contribution in [2.45, 2.75) is 145 Å². The highest BCUT2D eigenvalue weighted by atomic mass is 35.5. The first-order valence-corrected chi connectivity index (χ1v) is 50.8. The van der Waals surface area contributed by atoms with Crippen LogP contribution in [0.5, 0.6) is 0 Å². The predicted octanol–water partition coefficient (Wildman–Crippen LogP) is 19.0. The van der Waals surface area contributed by atoms with Gasteiger partial charge in [0.1, 0.15) is 25.5 Å². The molecule has 33 heteroatoms. The van der Waals surface area contributed by atoms with Crippen LogP contribution in [0.15, 0.2) is 274 Å². The van der Waals surface area contributed by atoms with Crippen LogP contribution in [0.2, 0.25) is 18.1 Å². The number of benzene rings is 9. The van der Waals surface area contributed by atoms with Crippen molar-refractivity contribution in [3.63, 3.8) is 0 Å². The maximum Gasteiger partial charge on any atom is 0.310 e. The van der Waals surface area contributed by atoms with Gasteiger partial charge in [-0.3, -0.25) is 53.6 Å². The third-order valence-corrected chi connectivity index (χ3v) is 27.8. The van der Waals surface area contributed by atoms with E-state index in [2.05, 4.69) is 99.5 Å². The Bertz CT molecular complexity index is 5490. The van der Waals surface area contributed by atoms with E-state index < -0.39 is 25.4 Å². The number of methoxy groups -OCH3 is 2. The summed E-state index contributed by atoms with van der Waals surface area (Å²) in [5.41, 5.74) is 15.1. The largest absolute Gasteiger partial charge is 0.469 e. The van der Waals surface area contributed by atoms with Gasteiger partial charge < -0.3 is 72.7 Å². The molecule has 752 valence electrons. The number of rotatable bonds is 36. The Morgan fingerprint density at radius 2 is 0.743 bits per heavy atom. The van der Waals surface area contributed by atoms with Gasteiger partial charge in [-0.1, -0.05) is 202 Å². The number of hydroxylamine groups is 2. The summed E-state index contributed by atoms with van der Waals surface area (Å²) in [5, 5.41) is 40.3. The number of fused-ring (bicyclic) bond motifs is 4. The minimum absolute atomic E-state index is 0.0130. The molecule has 6 amide bonds. The number of aliphatic hydroxyl groups is 1. The number of esters is 2. The van der Waals surface area contributed by atoms with Crippen LogP contribution in [0.1, 0.15) is 104 Å². The van der Waals surface area contributed by atoms with Gasteiger partial charge >= 0.3 is 11.9 Å². The molecule has 0 aliphatic heterocycles. The Morgan fingerprint density at radius 3 is 1.04 bits per heavy atom. The Kier molecular flexibility index (Phi) is 54.2. The predicted molar refractivity (Wildman–Crippen MR) is 566 cm³/mol. The van der Waals surface area contributed by atoms with Crippen molar-refractivity contribution < 1.29 is 77.8 Å². The highest BCUT2D eigenvalue weighted by Crippen LogP contribution is 2.37. The van der Waals surface area contributed by atoms with Crippen molar-refractivity contribution in [2.75, 3.05) is 116 Å². The molecular weight excluding hydrogens is 1860 g/mol. The average molecular weight is 2000 g/mol. The van der Waals surface area contributed by atoms with Crippen molar-refractivity contribution >= 4 is 168 Å². The number of carbonyl (C=O) groups is 9. The molecule has 9 aromatic carbocycles. The summed E-state index contributed by atoms with van der Waals surface area (Å²) in [4.78, 5) is 118. The number of nitrogens with one attached hydrogen (secondary N) is 4. The van der Waals surface area contributed by atoms with Gasteiger partial charge in [0.05, 0.1) is 59.0 Å². The first-order chi connectivity index (χ1) is 67.4. The van der Waals surface area contributed by atoms with Gasteiger partial charge in [0.2, 0.25) is 40.7 Å². The van der Waals surface area contributed by atoms with Crippen LogP contribution in [-0.4, -0.2) is 197 Å². The fourth-order valence-electron chi connectivity index (χ4n) is 14.4. The number of alkyl halides is 2. The van der Waals surface area contributed by atoms with Gasteiger partial charge in [-0.15, -0.1) is 23.2 Å². The van der Waals surface area contributed by atoms with E-state index in [-0.39, 0.29) is 99.4 Å². The van der Waals surface area contributed by atoms with E-state index in [1.165, 1.54) is 33.9 Å². The number of nitrogens with two attached hydrogens (primary N) is 1. The van der Waals surface area contributed by atoms with Crippen LogP contribution in [0.25, 0.3) is 43.6 Å². The number of carbonyl (C=O) groups excluding carboxylic acids is 9. The van der Waals surface area contributed by atoms with E-state index in [0.29, 0.717) is 24.5 Å². The lowest BCUT2D eigenvalue weighted by Crippen LogP contribution is -2.41. The number of amides is 6. The number of aliphatic hydroxyl groups excluding tert-OH is 1. The standard InChI is InChI=1S/C22H24N2O3.C21H23N3O3.C20H21N3O4.C14H25NOSi.C11H14ClNO.C11H11NO2.C6H15N.C2H2Cl2O.H3NO/c1-3-13-24(18-9-5-4-6-10-18)21(25)16-23-14-12-19-17(15-22(26)27-2)8-7-11-20(19)23;1-2-12-24(17-8-4-3-5-9-17)21(26)15-23-13-11-18-16(14-20(25)22-27)7-6-10-19(18)23;24-12-11-23(16-6-2-1-3-7-16)20(26)14-22-10-9-17-15(13-19(25)21-27)5-4-8-18(17)22;1-14(2,3)17(4,5)16-12-11-15-13-9-7-6-8-10-13;1-2-8-13(11(14)9-12)10-6-4-3-5-7-10;1-14-11(13)7-8-3-2-4-10-9(8)5-6-12-10;1-4-7(5-2)6-3;3-1-2(4)5;1-2/h4-12,14H,3,13,15-16H2,1-2H3;3-11,13,27H,2,12,14-15H2,1H3,(H,22,25);1-10,24,27H,11-14H2,(H,21,25);6-10,15H,11-12H2,1-5H3;3-7H,2,8-9H2,1H3;2-6,12H,7H2,1H3;4-6H2,1-3H3;1H2;2H,1H2. The number of aromatic amines is 1. The zero-order valence-electron chi connectivity index (χ0n) is 82.5. The van der Waals surface area contributed by atoms with Crippen molar-refractivity contribution in [3.05, 3.63) is 296 Å². The first kappa shape index (κ1) is 118. The number of anilines is 5. The van der Waals surface area contributed by atoms with E-state index >= 15 is 0 Å². The second-order valence-electron chi connectivity index (χ2n) is 33.1. The third kappa shape index (κ3) is 38.8. The van der Waals surface area contributed by atoms with Crippen molar-refractivity contribution in [2.24, 2.45) is 5.90 Å². The maximum absolute atomic E-state index is 13.0. The Labute approximate surface area is 838 Å². The molecule has 10 N–H and O–H groups in total. The van der Waals surface area contributed by atoms with Gasteiger partial charge in [0, 0.05) is 130 Å². The molecule has 4 aromatic heterocycles. The molecule has 0 radical (unpaired) electrons. The first-order valence-electron chi connectivity index (χ1n) is 46.4. The molecule has 0 aliphatic carbocycles. The molecule has 0 atom stereocenters. The van der Waals surface area contributed by atoms with Gasteiger partial charge in [0.15, 0.2) is 8.32 Å². The number of nitrogens with zero attached hydrogens (tertiary/aromatic N) is 8. The quantitative estimate of drug-likeness (QED) is 0.00335. The summed E-state index contributed by atoms with van der Waals surface area (Å²) < 4.78 is 21.1. The molecule has 29 nitrogen and oxygen atoms in total. The molecule has 0 aliphatic rings. The Hall–Kier alpha value is -12.8. The summed E-state index contributed by atoms with van der Waals surface area (Å²) in [6.07, 6.45) is 10.8. The van der Waals surface area contributed by atoms with Crippen molar-refractivity contribution in [1.82, 2.24) is 34.5 Å². The molecule has 0 saturated heterocycles. The topological polar surface area (TPSA) is 371 Å². The maximum atomic E-state index is 13.0. The smallest absolute Gasteiger partial charge is 0.310 e. The second kappa shape index (κ2) is 64.4. The zero-order chi connectivity index (χ0) is 103. The normalized spacial score (nSPS) is 10.6. The molecule has 0 bridgehead atoms. The van der Waals surface area contributed by atoms with E-state index in [9.17, 15) is 48.3 Å². The Morgan fingerprint density at radius 1 is 0.421 bits per heavy atom. The summed E-state index contributed by atoms with van der Waals surface area (Å²) in [5.74, 6) is 1.86. The number of para-hydroxylation sites is 5. The van der Waals surface area contributed by atoms with Crippen LogP contribution in [0.3, 0.4) is 0 Å². The van der Waals surface area contributed by atoms with E-state index in [0.717, 1.165) is 133 Å². The van der Waals surface area contributed by atoms with E-state index in [1.807, 2.05) is 288 Å². The summed E-state index contributed by atoms with van der Waals surface area (Å²) >= 11 is 15.1. The number of H-pyrrole nitrogens is 1. The number of ether oxygens (including phenoxy) is 2. The summed E-state index contributed by atoms with van der Waals surface area (Å²) in [6, 6.07) is 78.9. The zero-order valence-corrected chi connectivity index (χ0v) is 85.8. The van der Waals surface area contributed by atoms with Crippen LogP contribution < -0.4 is 41.8 Å². The minimum Gasteiger partial charge on any atom is -0.469 e. The molecule has 0 unspecified atom stereocenters. The van der Waals surface area contributed by atoms with Crippen molar-refractivity contribution in [3.8, 4) is 0 Å². The molecule has 4 heterocycles. The molecule has 0 spiro atoms. The lowest BCUT2D eigenvalue weighted by atomic mass is 10.1. The minimum atomic E-state index is -1.58. The van der Waals surface area contributed by atoms with Gasteiger partial charge in [0.25, 0.3) is 0 Å². The van der Waals surface area contributed by atoms with Gasteiger partial charge in [-0.2, -0.15) is 0 Å². The second-order valence-corrected chi connectivity index (χ2v) is 38.8. The lowest BCUT2D eigenvalue weighted by molar-refractivity contribution is -0.140. The number of hydrogen-bond donors (Lipinski definition) is 9. The highest BCUT2D eigenvalue weighted by molar-refractivity contribution is 6.74. The average Bonchev–Trinajstić information content (AvgIpc) is 1.65. The molecule has 13 aromatic rings. The summed E-state index contributed by atoms with van der Waals surface area (Å²) in [7, 11) is 1.21. The number of halogens is 3. The van der Waals surface area contributed by atoms with Crippen LogP contribution in [0, 0.1) is 0 Å². The SMILES string of the molecule is CC(C)(C)[Si](C)(C)OCCNc1ccccc1.CCCN(C(=O)CCl)c1ccccc1.CCCN(C(=O)Cn1ccc2c(CC(=O)NO)cccc21)c1ccccc1.CCCN(C(=O)Cn1ccc2c(CC(=O)OC)cccc21)c1ccccc1.CCN(CC)CC.COC(=O)Cc1cccc2[nH]ccc12.NO.O=C(Cc1cccc2c1ccn2CC(=O)N(CCO)c1ccccc1)NO.O=C(Cl)CCl. The van der Waals surface area contributed by atoms with Crippen LogP contribution in [-0.2, 0) is 102 Å². The molecule has 13 rings (SSSR count). The Balaban J connectivity index is 0.000000293.